The van der Waals surface area contributed by atoms with E-state index in [4.69, 9.17) is 23.2 Å². The number of anilines is 2. The molecule has 29 heavy (non-hydrogen) atoms. The fourth-order valence-electron chi connectivity index (χ4n) is 3.38. The molecule has 4 aromatic rings. The molecule has 0 saturated carbocycles. The molecule has 0 bridgehead atoms. The van der Waals surface area contributed by atoms with Crippen molar-refractivity contribution in [3.05, 3.63) is 79.8 Å². The fraction of sp³-hybridized carbons (Fsp3) is 0.0556. The summed E-state index contributed by atoms with van der Waals surface area (Å²) < 4.78 is 15.0. The minimum Gasteiger partial charge on any atom is -0.318 e. The van der Waals surface area contributed by atoms with E-state index in [1.165, 1.54) is 16.8 Å². The van der Waals surface area contributed by atoms with Gasteiger partial charge in [0, 0.05) is 16.1 Å². The van der Waals surface area contributed by atoms with Gasteiger partial charge in [0.1, 0.15) is 23.2 Å². The predicted molar refractivity (Wildman–Crippen MR) is 105 cm³/mol. The monoisotopic (exact) mass is 429 g/mol. The smallest absolute Gasteiger partial charge is 0.288 e. The van der Waals surface area contributed by atoms with Crippen molar-refractivity contribution in [2.45, 2.75) is 6.04 Å². The van der Waals surface area contributed by atoms with Gasteiger partial charge in [0.25, 0.3) is 5.56 Å². The lowest BCUT2D eigenvalue weighted by Gasteiger charge is -2.28. The Hall–Kier alpha value is -3.30. The van der Waals surface area contributed by atoms with Gasteiger partial charge in [-0.25, -0.2) is 9.49 Å². The number of benzene rings is 2. The average molecular weight is 430 g/mol. The number of halogens is 3. The van der Waals surface area contributed by atoms with Crippen LogP contribution in [0.5, 0.6) is 0 Å². The fourth-order valence-corrected chi connectivity index (χ4v) is 3.88. The summed E-state index contributed by atoms with van der Waals surface area (Å²) in [5.74, 6) is -0.110. The summed E-state index contributed by atoms with van der Waals surface area (Å²) in [6.45, 7) is 0. The van der Waals surface area contributed by atoms with Gasteiger partial charge in [-0.1, -0.05) is 40.4 Å². The summed E-state index contributed by atoms with van der Waals surface area (Å²) in [7, 11) is 0. The molecule has 11 heteroatoms. The second-order valence-electron chi connectivity index (χ2n) is 6.34. The third-order valence-electron chi connectivity index (χ3n) is 4.64. The van der Waals surface area contributed by atoms with E-state index < -0.39 is 11.6 Å². The number of H-pyrrole nitrogens is 1. The standard InChI is InChI=1S/C18H10Cl2FN7O/c19-9-3-6-11(12(20)7-9)14-13-15(17(29)24-23-14)22-18-25-26-27-28(18)16(13)8-1-4-10(21)5-2-8/h1-7,16H,(H,24,29)(H,22,25,27)/t16-/m0/s1. The van der Waals surface area contributed by atoms with Crippen LogP contribution in [0.25, 0.3) is 11.3 Å². The van der Waals surface area contributed by atoms with Crippen molar-refractivity contribution in [1.82, 2.24) is 30.4 Å². The maximum atomic E-state index is 13.5. The Balaban J connectivity index is 1.83. The Morgan fingerprint density at radius 1 is 1.10 bits per heavy atom. The second-order valence-corrected chi connectivity index (χ2v) is 7.18. The van der Waals surface area contributed by atoms with Gasteiger partial charge in [-0.3, -0.25) is 4.79 Å². The van der Waals surface area contributed by atoms with Crippen LogP contribution in [0.15, 0.2) is 47.3 Å². The van der Waals surface area contributed by atoms with Crippen LogP contribution in [0.4, 0.5) is 16.0 Å². The maximum Gasteiger partial charge on any atom is 0.288 e. The molecule has 8 nitrogen and oxygen atoms in total. The molecule has 0 spiro atoms. The lowest BCUT2D eigenvalue weighted by Crippen LogP contribution is -2.29. The first-order chi connectivity index (χ1) is 14.0. The van der Waals surface area contributed by atoms with Crippen LogP contribution in [-0.2, 0) is 0 Å². The van der Waals surface area contributed by atoms with Crippen molar-refractivity contribution in [3.63, 3.8) is 0 Å². The van der Waals surface area contributed by atoms with Crippen LogP contribution in [-0.4, -0.2) is 30.4 Å². The third kappa shape index (κ3) is 2.86. The third-order valence-corrected chi connectivity index (χ3v) is 5.19. The van der Waals surface area contributed by atoms with Gasteiger partial charge in [-0.15, -0.1) is 0 Å². The molecule has 2 aromatic heterocycles. The highest BCUT2D eigenvalue weighted by atomic mass is 35.5. The molecular weight excluding hydrogens is 420 g/mol. The van der Waals surface area contributed by atoms with Crippen molar-refractivity contribution >= 4 is 34.8 Å². The molecule has 0 amide bonds. The molecule has 5 rings (SSSR count). The molecule has 1 aliphatic rings. The molecule has 3 heterocycles. The SMILES string of the molecule is O=c1[nH]nc(-c2ccc(Cl)cc2Cl)c2c1Nc1nnnn1[C@H]2c1ccc(F)cc1. The number of rotatable bonds is 2. The van der Waals surface area contributed by atoms with Crippen LogP contribution < -0.4 is 10.9 Å². The van der Waals surface area contributed by atoms with Gasteiger partial charge in [0.05, 0.1) is 5.02 Å². The molecule has 1 atom stereocenters. The molecule has 0 fully saturated rings. The topological polar surface area (TPSA) is 101 Å². The van der Waals surface area contributed by atoms with E-state index in [1.807, 2.05) is 0 Å². The highest BCUT2D eigenvalue weighted by Gasteiger charge is 2.34. The first-order valence-corrected chi connectivity index (χ1v) is 9.17. The van der Waals surface area contributed by atoms with E-state index in [2.05, 4.69) is 31.0 Å². The number of nitrogens with zero attached hydrogens (tertiary/aromatic N) is 5. The normalized spacial score (nSPS) is 14.8. The first kappa shape index (κ1) is 17.8. The van der Waals surface area contributed by atoms with E-state index >= 15 is 0 Å². The van der Waals surface area contributed by atoms with Gasteiger partial charge in [0.2, 0.25) is 5.95 Å². The van der Waals surface area contributed by atoms with Crippen molar-refractivity contribution < 1.29 is 4.39 Å². The van der Waals surface area contributed by atoms with Gasteiger partial charge in [-0.05, 0) is 46.3 Å². The Morgan fingerprint density at radius 3 is 2.66 bits per heavy atom. The molecule has 0 saturated heterocycles. The van der Waals surface area contributed by atoms with Crippen molar-refractivity contribution in [2.24, 2.45) is 0 Å². The Bertz CT molecular complexity index is 1300. The zero-order valence-corrected chi connectivity index (χ0v) is 15.9. The van der Waals surface area contributed by atoms with Crippen molar-refractivity contribution in [1.29, 1.82) is 0 Å². The Morgan fingerprint density at radius 2 is 1.90 bits per heavy atom. The highest BCUT2D eigenvalue weighted by Crippen LogP contribution is 2.42. The van der Waals surface area contributed by atoms with Gasteiger partial charge in [-0.2, -0.15) is 9.78 Å². The summed E-state index contributed by atoms with van der Waals surface area (Å²) in [6, 6.07) is 10.2. The van der Waals surface area contributed by atoms with Gasteiger partial charge in [0.15, 0.2) is 0 Å². The summed E-state index contributed by atoms with van der Waals surface area (Å²) in [5, 5.41) is 22.1. The quantitative estimate of drug-likeness (QED) is 0.444. The Kier molecular flexibility index (Phi) is 4.07. The molecule has 2 aromatic carbocycles. The minimum absolute atomic E-state index is 0.234. The van der Waals surface area contributed by atoms with E-state index in [0.29, 0.717) is 32.4 Å². The number of hydrogen-bond donors (Lipinski definition) is 2. The van der Waals surface area contributed by atoms with Crippen LogP contribution >= 0.6 is 23.2 Å². The minimum atomic E-state index is -0.631. The lowest BCUT2D eigenvalue weighted by atomic mass is 9.92. The second kappa shape index (κ2) is 6.64. The van der Waals surface area contributed by atoms with E-state index in [0.717, 1.165) is 0 Å². The summed E-state index contributed by atoms with van der Waals surface area (Å²) in [5.41, 5.74) is 1.94. The number of aromatic amines is 1. The number of aromatic nitrogens is 6. The summed E-state index contributed by atoms with van der Waals surface area (Å²) in [4.78, 5) is 12.6. The largest absolute Gasteiger partial charge is 0.318 e. The van der Waals surface area contributed by atoms with E-state index in [9.17, 15) is 9.18 Å². The number of tetrazole rings is 1. The summed E-state index contributed by atoms with van der Waals surface area (Å²) >= 11 is 12.4. The molecule has 2 N–H and O–H groups in total. The van der Waals surface area contributed by atoms with Crippen LogP contribution in [0, 0.1) is 5.82 Å². The van der Waals surface area contributed by atoms with Crippen molar-refractivity contribution in [3.8, 4) is 11.3 Å². The number of nitrogens with one attached hydrogen (secondary N) is 2. The molecule has 0 unspecified atom stereocenters. The van der Waals surface area contributed by atoms with E-state index in [-0.39, 0.29) is 17.5 Å². The number of hydrogen-bond acceptors (Lipinski definition) is 6. The molecule has 0 radical (unpaired) electrons. The molecule has 1 aliphatic heterocycles. The number of fused-ring (bicyclic) bond motifs is 2. The maximum absolute atomic E-state index is 13.5. The highest BCUT2D eigenvalue weighted by molar-refractivity contribution is 6.36. The zero-order chi connectivity index (χ0) is 20.1. The van der Waals surface area contributed by atoms with Crippen LogP contribution in [0.2, 0.25) is 10.0 Å². The zero-order valence-electron chi connectivity index (χ0n) is 14.4. The summed E-state index contributed by atoms with van der Waals surface area (Å²) in [6.07, 6.45) is 0. The lowest BCUT2D eigenvalue weighted by molar-refractivity contribution is 0.564. The Labute approximate surface area is 172 Å². The van der Waals surface area contributed by atoms with E-state index in [1.54, 1.807) is 30.3 Å². The molecule has 0 aliphatic carbocycles. The predicted octanol–water partition coefficient (Wildman–Crippen LogP) is 3.56. The van der Waals surface area contributed by atoms with Gasteiger partial charge >= 0.3 is 0 Å². The molecular formula is C18H10Cl2FN7O. The molecule has 144 valence electrons. The average Bonchev–Trinajstić information content (AvgIpc) is 3.17. The van der Waals surface area contributed by atoms with Crippen LogP contribution in [0.1, 0.15) is 17.2 Å². The van der Waals surface area contributed by atoms with Crippen LogP contribution in [0.3, 0.4) is 0 Å². The van der Waals surface area contributed by atoms with Crippen molar-refractivity contribution in [2.75, 3.05) is 5.32 Å². The van der Waals surface area contributed by atoms with Gasteiger partial charge < -0.3 is 5.32 Å². The first-order valence-electron chi connectivity index (χ1n) is 8.41.